The van der Waals surface area contributed by atoms with Crippen molar-refractivity contribution in [2.45, 2.75) is 20.3 Å². The van der Waals surface area contributed by atoms with Gasteiger partial charge in [0.25, 0.3) is 5.91 Å². The van der Waals surface area contributed by atoms with Crippen LogP contribution in [0.4, 0.5) is 5.69 Å². The largest absolute Gasteiger partial charge is 0.493 e. The Morgan fingerprint density at radius 3 is 2.58 bits per heavy atom. The summed E-state index contributed by atoms with van der Waals surface area (Å²) >= 11 is 6.20. The number of carbonyl (C=O) groups excluding carboxylic acids is 1. The molecule has 5 nitrogen and oxygen atoms in total. The first-order valence-electron chi connectivity index (χ1n) is 11.3. The van der Waals surface area contributed by atoms with Crippen molar-refractivity contribution in [2.75, 3.05) is 51.2 Å². The second kappa shape index (κ2) is 9.92. The van der Waals surface area contributed by atoms with Crippen molar-refractivity contribution in [3.8, 4) is 5.75 Å². The summed E-state index contributed by atoms with van der Waals surface area (Å²) in [6.45, 7) is 10.4. The average Bonchev–Trinajstić information content (AvgIpc) is 3.33. The first-order chi connectivity index (χ1) is 15.0. The van der Waals surface area contributed by atoms with E-state index in [1.54, 1.807) is 0 Å². The summed E-state index contributed by atoms with van der Waals surface area (Å²) in [4.78, 5) is 17.6. The van der Waals surface area contributed by atoms with E-state index in [0.29, 0.717) is 29.8 Å². The summed E-state index contributed by atoms with van der Waals surface area (Å²) in [5.41, 5.74) is 2.86. The maximum atomic E-state index is 13.1. The highest BCUT2D eigenvalue weighted by Gasteiger charge is 2.41. The van der Waals surface area contributed by atoms with Crippen LogP contribution in [0.1, 0.15) is 29.3 Å². The molecule has 2 saturated heterocycles. The van der Waals surface area contributed by atoms with Crippen molar-refractivity contribution in [3.63, 3.8) is 0 Å². The lowest BCUT2D eigenvalue weighted by Crippen LogP contribution is -2.34. The second-order valence-electron chi connectivity index (χ2n) is 8.66. The third kappa shape index (κ3) is 5.16. The maximum Gasteiger partial charge on any atom is 0.257 e. The third-order valence-corrected chi connectivity index (χ3v) is 6.83. The zero-order valence-electron chi connectivity index (χ0n) is 18.4. The van der Waals surface area contributed by atoms with E-state index in [1.807, 2.05) is 55.1 Å². The minimum atomic E-state index is 0.103. The third-order valence-electron chi connectivity index (χ3n) is 6.42. The van der Waals surface area contributed by atoms with Gasteiger partial charge in [-0.2, -0.15) is 0 Å². The van der Waals surface area contributed by atoms with Crippen molar-refractivity contribution < 1.29 is 9.53 Å². The summed E-state index contributed by atoms with van der Waals surface area (Å²) in [7, 11) is 0. The van der Waals surface area contributed by atoms with E-state index in [2.05, 4.69) is 16.3 Å². The van der Waals surface area contributed by atoms with E-state index in [9.17, 15) is 4.79 Å². The first-order valence-corrected chi connectivity index (χ1v) is 11.7. The van der Waals surface area contributed by atoms with Crippen LogP contribution in [-0.4, -0.2) is 61.6 Å². The molecule has 1 amide bonds. The fraction of sp³-hybridized carbons (Fsp3) is 0.480. The van der Waals surface area contributed by atoms with Crippen molar-refractivity contribution in [1.29, 1.82) is 0 Å². The summed E-state index contributed by atoms with van der Waals surface area (Å²) in [5, 5.41) is 4.27. The van der Waals surface area contributed by atoms with Crippen molar-refractivity contribution in [3.05, 3.63) is 58.6 Å². The Morgan fingerprint density at radius 2 is 1.87 bits per heavy atom. The average molecular weight is 442 g/mol. The number of halogens is 1. The summed E-state index contributed by atoms with van der Waals surface area (Å²) in [6, 6.07) is 13.7. The molecule has 1 N–H and O–H groups in total. The summed E-state index contributed by atoms with van der Waals surface area (Å²) < 4.78 is 5.66. The monoisotopic (exact) mass is 441 g/mol. The SMILES string of the molecule is CCOc1ccccc1C(=O)N1CC2CN(CCCNc3ccc(C)c(Cl)c3)CC2C1. The number of benzene rings is 2. The zero-order valence-corrected chi connectivity index (χ0v) is 19.2. The van der Waals surface area contributed by atoms with Crippen molar-refractivity contribution in [1.82, 2.24) is 9.80 Å². The number of carbonyl (C=O) groups is 1. The normalized spacial score (nSPS) is 20.7. The molecule has 0 radical (unpaired) electrons. The number of amides is 1. The number of nitrogens with one attached hydrogen (secondary N) is 1. The van der Waals surface area contributed by atoms with Gasteiger partial charge >= 0.3 is 0 Å². The molecule has 2 fully saturated rings. The number of ether oxygens (including phenoxy) is 1. The molecule has 2 aliphatic heterocycles. The predicted octanol–water partition coefficient (Wildman–Crippen LogP) is 4.55. The van der Waals surface area contributed by atoms with E-state index >= 15 is 0 Å². The number of nitrogens with zero attached hydrogens (tertiary/aromatic N) is 2. The highest BCUT2D eigenvalue weighted by Crippen LogP contribution is 2.33. The van der Waals surface area contributed by atoms with E-state index in [1.165, 1.54) is 0 Å². The Hall–Kier alpha value is -2.24. The van der Waals surface area contributed by atoms with Gasteiger partial charge in [-0.1, -0.05) is 29.8 Å². The number of hydrogen-bond donors (Lipinski definition) is 1. The van der Waals surface area contributed by atoms with Gasteiger partial charge < -0.3 is 19.9 Å². The van der Waals surface area contributed by atoms with Crippen LogP contribution in [-0.2, 0) is 0 Å². The Labute approximate surface area is 190 Å². The molecule has 2 unspecified atom stereocenters. The van der Waals surface area contributed by atoms with Gasteiger partial charge in [0, 0.05) is 43.4 Å². The molecule has 0 bridgehead atoms. The lowest BCUT2D eigenvalue weighted by atomic mass is 10.0. The van der Waals surface area contributed by atoms with Gasteiger partial charge in [-0.15, -0.1) is 0 Å². The molecule has 0 saturated carbocycles. The molecule has 2 atom stereocenters. The topological polar surface area (TPSA) is 44.8 Å². The molecule has 0 aliphatic carbocycles. The van der Waals surface area contributed by atoms with Gasteiger partial charge in [0.1, 0.15) is 5.75 Å². The number of hydrogen-bond acceptors (Lipinski definition) is 4. The smallest absolute Gasteiger partial charge is 0.257 e. The van der Waals surface area contributed by atoms with Crippen molar-refractivity contribution in [2.24, 2.45) is 11.8 Å². The van der Waals surface area contributed by atoms with Crippen LogP contribution in [0, 0.1) is 18.8 Å². The van der Waals surface area contributed by atoms with E-state index < -0.39 is 0 Å². The minimum Gasteiger partial charge on any atom is -0.493 e. The van der Waals surface area contributed by atoms with Crippen molar-refractivity contribution >= 4 is 23.2 Å². The number of aryl methyl sites for hydroxylation is 1. The number of anilines is 1. The van der Waals surface area contributed by atoms with Gasteiger partial charge in [0.05, 0.1) is 12.2 Å². The highest BCUT2D eigenvalue weighted by atomic mass is 35.5. The molecule has 2 aliphatic rings. The standard InChI is InChI=1S/C25H32ClN3O2/c1-3-31-24-8-5-4-7-22(24)25(30)29-16-19-14-28(15-20(19)17-29)12-6-11-27-21-10-9-18(2)23(26)13-21/h4-5,7-10,13,19-20,27H,3,6,11-12,14-17H2,1-2H3. The Bertz CT molecular complexity index is 905. The van der Waals surface area contributed by atoms with Gasteiger partial charge in [-0.25, -0.2) is 0 Å². The second-order valence-corrected chi connectivity index (χ2v) is 9.07. The van der Waals surface area contributed by atoms with Crippen LogP contribution in [0.15, 0.2) is 42.5 Å². The molecule has 166 valence electrons. The summed E-state index contributed by atoms with van der Waals surface area (Å²) in [6.07, 6.45) is 1.09. The van der Waals surface area contributed by atoms with Crippen LogP contribution in [0.5, 0.6) is 5.75 Å². The number of fused-ring (bicyclic) bond motifs is 1. The van der Waals surface area contributed by atoms with Crippen LogP contribution >= 0.6 is 11.6 Å². The number of rotatable bonds is 8. The lowest BCUT2D eigenvalue weighted by Gasteiger charge is -2.22. The molecule has 4 rings (SSSR count). The molecule has 0 spiro atoms. The highest BCUT2D eigenvalue weighted by molar-refractivity contribution is 6.31. The first kappa shape index (κ1) is 22.0. The van der Waals surface area contributed by atoms with Crippen LogP contribution in [0.25, 0.3) is 0 Å². The van der Waals surface area contributed by atoms with Gasteiger partial charge in [0.2, 0.25) is 0 Å². The number of para-hydroxylation sites is 1. The van der Waals surface area contributed by atoms with Crippen LogP contribution < -0.4 is 10.1 Å². The molecule has 2 aromatic carbocycles. The lowest BCUT2D eigenvalue weighted by molar-refractivity contribution is 0.0770. The fourth-order valence-electron chi connectivity index (χ4n) is 4.77. The molecular formula is C25H32ClN3O2. The molecule has 31 heavy (non-hydrogen) atoms. The molecular weight excluding hydrogens is 410 g/mol. The van der Waals surface area contributed by atoms with Crippen LogP contribution in [0.3, 0.4) is 0 Å². The Kier molecular flexibility index (Phi) is 7.03. The van der Waals surface area contributed by atoms with Gasteiger partial charge in [-0.05, 0) is 68.5 Å². The van der Waals surface area contributed by atoms with Crippen LogP contribution in [0.2, 0.25) is 5.02 Å². The molecule has 2 aromatic rings. The quantitative estimate of drug-likeness (QED) is 0.610. The number of likely N-dealkylation sites (tertiary alicyclic amines) is 2. The van der Waals surface area contributed by atoms with Gasteiger partial charge in [0.15, 0.2) is 0 Å². The van der Waals surface area contributed by atoms with Gasteiger partial charge in [-0.3, -0.25) is 4.79 Å². The summed E-state index contributed by atoms with van der Waals surface area (Å²) in [5.74, 6) is 1.95. The van der Waals surface area contributed by atoms with E-state index in [-0.39, 0.29) is 5.91 Å². The predicted molar refractivity (Wildman–Crippen MR) is 126 cm³/mol. The molecule has 0 aromatic heterocycles. The van der Waals surface area contributed by atoms with E-state index in [4.69, 9.17) is 16.3 Å². The Balaban J connectivity index is 1.22. The minimum absolute atomic E-state index is 0.103. The molecule has 6 heteroatoms. The maximum absolute atomic E-state index is 13.1. The fourth-order valence-corrected chi connectivity index (χ4v) is 4.95. The zero-order chi connectivity index (χ0) is 21.8. The van der Waals surface area contributed by atoms with E-state index in [0.717, 1.165) is 62.0 Å². The molecule has 2 heterocycles. The Morgan fingerprint density at radius 1 is 1.13 bits per heavy atom.